The third kappa shape index (κ3) is 4.87. The molecule has 6 nitrogen and oxygen atoms in total. The third-order valence-corrected chi connectivity index (χ3v) is 6.73. The number of para-hydroxylation sites is 1. The maximum Gasteiger partial charge on any atom is 0.260 e. The lowest BCUT2D eigenvalue weighted by molar-refractivity contribution is 0.0985. The molecule has 4 aromatic carbocycles. The lowest BCUT2D eigenvalue weighted by Crippen LogP contribution is -2.30. The Kier molecular flexibility index (Phi) is 6.82. The number of hydrogen-bond acceptors (Lipinski definition) is 6. The highest BCUT2D eigenvalue weighted by atomic mass is 32.1. The summed E-state index contributed by atoms with van der Waals surface area (Å²) in [6, 6.07) is 30.2. The van der Waals surface area contributed by atoms with E-state index in [0.717, 1.165) is 16.0 Å². The van der Waals surface area contributed by atoms with Gasteiger partial charge < -0.3 is 14.2 Å². The van der Waals surface area contributed by atoms with Crippen LogP contribution >= 0.6 is 11.3 Å². The number of rotatable bonds is 8. The summed E-state index contributed by atoms with van der Waals surface area (Å²) < 4.78 is 17.8. The van der Waals surface area contributed by atoms with Crippen molar-refractivity contribution in [3.63, 3.8) is 0 Å². The largest absolute Gasteiger partial charge is 0.495 e. The fourth-order valence-electron chi connectivity index (χ4n) is 3.83. The average molecular weight is 497 g/mol. The maximum atomic E-state index is 13.8. The number of nitrogens with zero attached hydrogens (tertiary/aromatic N) is 2. The first-order chi connectivity index (χ1) is 17.7. The first kappa shape index (κ1) is 23.4. The summed E-state index contributed by atoms with van der Waals surface area (Å²) in [6.45, 7) is 0.367. The van der Waals surface area contributed by atoms with Crippen LogP contribution in [0, 0.1) is 0 Å². The van der Waals surface area contributed by atoms with Gasteiger partial charge >= 0.3 is 0 Å². The van der Waals surface area contributed by atoms with Crippen LogP contribution in [0.25, 0.3) is 10.2 Å². The Bertz CT molecular complexity index is 1430. The Morgan fingerprint density at radius 2 is 1.39 bits per heavy atom. The van der Waals surface area contributed by atoms with Gasteiger partial charge in [-0.05, 0) is 54.1 Å². The fourth-order valence-corrected chi connectivity index (χ4v) is 4.90. The van der Waals surface area contributed by atoms with Crippen LogP contribution < -0.4 is 19.1 Å². The minimum absolute atomic E-state index is 0.165. The summed E-state index contributed by atoms with van der Waals surface area (Å²) >= 11 is 1.40. The number of amides is 1. The summed E-state index contributed by atoms with van der Waals surface area (Å²) in [5.74, 6) is 2.54. The summed E-state index contributed by atoms with van der Waals surface area (Å²) in [6.07, 6.45) is 0. The summed E-state index contributed by atoms with van der Waals surface area (Å²) in [7, 11) is 3.22. The minimum atomic E-state index is -0.165. The predicted molar refractivity (Wildman–Crippen MR) is 143 cm³/mol. The molecule has 0 aliphatic carbocycles. The molecule has 0 aliphatic heterocycles. The van der Waals surface area contributed by atoms with Crippen molar-refractivity contribution in [2.24, 2.45) is 0 Å². The van der Waals surface area contributed by atoms with Crippen molar-refractivity contribution in [3.05, 3.63) is 108 Å². The molecular formula is C29H24N2O4S. The number of ether oxygens (including phenoxy) is 3. The maximum absolute atomic E-state index is 13.8. The van der Waals surface area contributed by atoms with Crippen molar-refractivity contribution < 1.29 is 19.0 Å². The SMILES string of the molecule is COc1ccc(OC)c2sc(N(Cc3ccccc3)C(=O)c3ccc(Oc4ccccc4)cc3)nc12. The predicted octanol–water partition coefficient (Wildman–Crippen LogP) is 6.95. The molecule has 7 heteroatoms. The van der Waals surface area contributed by atoms with Gasteiger partial charge in [-0.1, -0.05) is 59.9 Å². The Balaban J connectivity index is 1.50. The lowest BCUT2D eigenvalue weighted by Gasteiger charge is -2.20. The van der Waals surface area contributed by atoms with Crippen LogP contribution in [0.15, 0.2) is 97.1 Å². The topological polar surface area (TPSA) is 60.9 Å². The van der Waals surface area contributed by atoms with Crippen LogP contribution in [0.4, 0.5) is 5.13 Å². The molecule has 0 saturated heterocycles. The number of thiazole rings is 1. The summed E-state index contributed by atoms with van der Waals surface area (Å²) in [5.41, 5.74) is 2.19. The molecule has 0 aliphatic rings. The fraction of sp³-hybridized carbons (Fsp3) is 0.103. The monoisotopic (exact) mass is 496 g/mol. The van der Waals surface area contributed by atoms with E-state index in [1.807, 2.05) is 72.8 Å². The zero-order valence-electron chi connectivity index (χ0n) is 19.9. The van der Waals surface area contributed by atoms with Crippen molar-refractivity contribution in [1.29, 1.82) is 0 Å². The van der Waals surface area contributed by atoms with E-state index in [1.54, 1.807) is 43.4 Å². The van der Waals surface area contributed by atoms with Crippen molar-refractivity contribution in [2.75, 3.05) is 19.1 Å². The summed E-state index contributed by atoms with van der Waals surface area (Å²) in [5, 5.41) is 0.561. The Morgan fingerprint density at radius 1 is 0.778 bits per heavy atom. The second-order valence-electron chi connectivity index (χ2n) is 7.96. The van der Waals surface area contributed by atoms with Crippen LogP contribution in [0.2, 0.25) is 0 Å². The van der Waals surface area contributed by atoms with E-state index in [0.29, 0.717) is 40.0 Å². The molecule has 0 spiro atoms. The van der Waals surface area contributed by atoms with Gasteiger partial charge in [-0.25, -0.2) is 4.98 Å². The molecule has 5 rings (SSSR count). The van der Waals surface area contributed by atoms with Crippen LogP contribution in [-0.2, 0) is 6.54 Å². The van der Waals surface area contributed by atoms with Crippen molar-refractivity contribution in [2.45, 2.75) is 6.54 Å². The van der Waals surface area contributed by atoms with Crippen LogP contribution in [0.5, 0.6) is 23.0 Å². The normalized spacial score (nSPS) is 10.7. The quantitative estimate of drug-likeness (QED) is 0.233. The van der Waals surface area contributed by atoms with Gasteiger partial charge in [-0.15, -0.1) is 0 Å². The van der Waals surface area contributed by atoms with E-state index in [9.17, 15) is 4.79 Å². The van der Waals surface area contributed by atoms with E-state index in [-0.39, 0.29) is 5.91 Å². The number of methoxy groups -OCH3 is 2. The second-order valence-corrected chi connectivity index (χ2v) is 8.94. The molecule has 0 unspecified atom stereocenters. The van der Waals surface area contributed by atoms with Crippen molar-refractivity contribution in [3.8, 4) is 23.0 Å². The zero-order chi connectivity index (χ0) is 24.9. The number of benzene rings is 4. The van der Waals surface area contributed by atoms with Crippen molar-refractivity contribution in [1.82, 2.24) is 4.98 Å². The molecule has 0 N–H and O–H groups in total. The Morgan fingerprint density at radius 3 is 2.06 bits per heavy atom. The molecule has 0 atom stereocenters. The number of fused-ring (bicyclic) bond motifs is 1. The number of aromatic nitrogens is 1. The number of anilines is 1. The van der Waals surface area contributed by atoms with Crippen molar-refractivity contribution >= 4 is 32.6 Å². The smallest absolute Gasteiger partial charge is 0.260 e. The highest BCUT2D eigenvalue weighted by Gasteiger charge is 2.24. The molecule has 0 radical (unpaired) electrons. The highest BCUT2D eigenvalue weighted by Crippen LogP contribution is 2.40. The van der Waals surface area contributed by atoms with Gasteiger partial charge in [0.2, 0.25) is 0 Å². The van der Waals surface area contributed by atoms with E-state index >= 15 is 0 Å². The van der Waals surface area contributed by atoms with Gasteiger partial charge in [-0.3, -0.25) is 9.69 Å². The molecule has 5 aromatic rings. The van der Waals surface area contributed by atoms with Crippen LogP contribution in [0.3, 0.4) is 0 Å². The Labute approximate surface area is 213 Å². The third-order valence-electron chi connectivity index (χ3n) is 5.64. The molecule has 1 aromatic heterocycles. The molecule has 0 saturated carbocycles. The van der Waals surface area contributed by atoms with Gasteiger partial charge in [0.25, 0.3) is 5.91 Å². The molecule has 1 heterocycles. The zero-order valence-corrected chi connectivity index (χ0v) is 20.7. The molecule has 36 heavy (non-hydrogen) atoms. The van der Waals surface area contributed by atoms with E-state index in [2.05, 4.69) is 0 Å². The van der Waals surface area contributed by atoms with Gasteiger partial charge in [0.1, 0.15) is 33.2 Å². The number of carbonyl (C=O) groups excluding carboxylic acids is 1. The second kappa shape index (κ2) is 10.5. The van der Waals surface area contributed by atoms with Crippen LogP contribution in [0.1, 0.15) is 15.9 Å². The van der Waals surface area contributed by atoms with Gasteiger partial charge in [0.05, 0.1) is 20.8 Å². The van der Waals surface area contributed by atoms with E-state index < -0.39 is 0 Å². The minimum Gasteiger partial charge on any atom is -0.495 e. The van der Waals surface area contributed by atoms with Crippen LogP contribution in [-0.4, -0.2) is 25.1 Å². The number of carbonyl (C=O) groups is 1. The van der Waals surface area contributed by atoms with Gasteiger partial charge in [0.15, 0.2) is 5.13 Å². The molecule has 180 valence electrons. The average Bonchev–Trinajstić information content (AvgIpc) is 3.38. The summed E-state index contributed by atoms with van der Waals surface area (Å²) in [4.78, 5) is 20.3. The molecule has 0 bridgehead atoms. The highest BCUT2D eigenvalue weighted by molar-refractivity contribution is 7.22. The first-order valence-electron chi connectivity index (χ1n) is 11.4. The first-order valence-corrected chi connectivity index (χ1v) is 12.2. The lowest BCUT2D eigenvalue weighted by atomic mass is 10.1. The standard InChI is InChI=1S/C29H24N2O4S/c1-33-24-17-18-25(34-2)27-26(24)30-29(36-27)31(19-20-9-5-3-6-10-20)28(32)21-13-15-23(16-14-21)35-22-11-7-4-8-12-22/h3-18H,19H2,1-2H3. The Hall–Kier alpha value is -4.36. The molecular weight excluding hydrogens is 472 g/mol. The molecule has 0 fully saturated rings. The van der Waals surface area contributed by atoms with Gasteiger partial charge in [-0.2, -0.15) is 0 Å². The molecule has 1 amide bonds. The van der Waals surface area contributed by atoms with E-state index in [1.165, 1.54) is 11.3 Å². The number of hydrogen-bond donors (Lipinski definition) is 0. The van der Waals surface area contributed by atoms with Gasteiger partial charge in [0, 0.05) is 5.56 Å². The van der Waals surface area contributed by atoms with E-state index in [4.69, 9.17) is 19.2 Å².